The minimum atomic E-state index is -3.54. The van der Waals surface area contributed by atoms with Gasteiger partial charge in [0.1, 0.15) is 9.84 Å². The van der Waals surface area contributed by atoms with Gasteiger partial charge in [0.25, 0.3) is 0 Å². The number of hydrogen-bond donors (Lipinski definition) is 1. The first kappa shape index (κ1) is 15.8. The van der Waals surface area contributed by atoms with Gasteiger partial charge in [0.15, 0.2) is 0 Å². The van der Waals surface area contributed by atoms with Gasteiger partial charge in [-0.1, -0.05) is 0 Å². The molecule has 0 aliphatic carbocycles. The standard InChI is InChI=1S/C8H20N2O4S2/c1-8(2)10(5-4-9)16(13,14)7-6-15(3,11)12/h8H,4-7,9H2,1-3H3. The Morgan fingerprint density at radius 1 is 1.12 bits per heavy atom. The normalized spacial score (nSPS) is 13.6. The van der Waals surface area contributed by atoms with Gasteiger partial charge in [-0.15, -0.1) is 0 Å². The zero-order valence-corrected chi connectivity index (χ0v) is 11.5. The van der Waals surface area contributed by atoms with Crippen LogP contribution in [0.3, 0.4) is 0 Å². The Bertz CT molecular complexity index is 400. The molecule has 0 spiro atoms. The second-order valence-electron chi connectivity index (χ2n) is 3.94. The Morgan fingerprint density at radius 2 is 1.62 bits per heavy atom. The summed E-state index contributed by atoms with van der Waals surface area (Å²) in [5.74, 6) is -0.743. The zero-order chi connectivity index (χ0) is 13.0. The Hall–Kier alpha value is -0.180. The first-order valence-electron chi connectivity index (χ1n) is 4.97. The molecule has 0 amide bonds. The van der Waals surface area contributed by atoms with Gasteiger partial charge in [-0.05, 0) is 13.8 Å². The van der Waals surface area contributed by atoms with Crippen molar-refractivity contribution in [3.63, 3.8) is 0 Å². The molecule has 16 heavy (non-hydrogen) atoms. The van der Waals surface area contributed by atoms with E-state index in [1.165, 1.54) is 4.31 Å². The molecule has 0 aromatic carbocycles. The lowest BCUT2D eigenvalue weighted by molar-refractivity contribution is 0.362. The van der Waals surface area contributed by atoms with Gasteiger partial charge in [0.2, 0.25) is 10.0 Å². The van der Waals surface area contributed by atoms with Gasteiger partial charge in [-0.3, -0.25) is 0 Å². The van der Waals surface area contributed by atoms with Crippen molar-refractivity contribution in [1.82, 2.24) is 4.31 Å². The van der Waals surface area contributed by atoms with E-state index in [1.807, 2.05) is 0 Å². The summed E-state index contributed by atoms with van der Waals surface area (Å²) >= 11 is 0. The van der Waals surface area contributed by atoms with Crippen molar-refractivity contribution in [2.75, 3.05) is 30.9 Å². The first-order chi connectivity index (χ1) is 7.10. The maximum atomic E-state index is 11.8. The van der Waals surface area contributed by atoms with E-state index in [0.717, 1.165) is 6.26 Å². The Kier molecular flexibility index (Phi) is 5.88. The van der Waals surface area contributed by atoms with Gasteiger partial charge in [-0.2, -0.15) is 4.31 Å². The number of hydrogen-bond acceptors (Lipinski definition) is 5. The second kappa shape index (κ2) is 5.95. The lowest BCUT2D eigenvalue weighted by atomic mass is 10.4. The molecule has 0 radical (unpaired) electrons. The van der Waals surface area contributed by atoms with E-state index >= 15 is 0 Å². The molecule has 0 aromatic rings. The summed E-state index contributed by atoms with van der Waals surface area (Å²) in [5, 5.41) is 0. The van der Waals surface area contributed by atoms with Gasteiger partial charge in [0, 0.05) is 25.4 Å². The van der Waals surface area contributed by atoms with Gasteiger partial charge >= 0.3 is 0 Å². The third kappa shape index (κ3) is 5.78. The molecule has 0 saturated carbocycles. The van der Waals surface area contributed by atoms with Crippen molar-refractivity contribution < 1.29 is 16.8 Å². The molecule has 0 unspecified atom stereocenters. The smallest absolute Gasteiger partial charge is 0.215 e. The number of sulfone groups is 1. The minimum Gasteiger partial charge on any atom is -0.329 e. The summed E-state index contributed by atoms with van der Waals surface area (Å²) in [5.41, 5.74) is 5.32. The number of nitrogens with two attached hydrogens (primary N) is 1. The van der Waals surface area contributed by atoms with Crippen LogP contribution in [0.5, 0.6) is 0 Å². The lowest BCUT2D eigenvalue weighted by Crippen LogP contribution is -2.42. The van der Waals surface area contributed by atoms with E-state index in [1.54, 1.807) is 13.8 Å². The molecule has 0 rings (SSSR count). The first-order valence-corrected chi connectivity index (χ1v) is 8.64. The van der Waals surface area contributed by atoms with Crippen LogP contribution in [0, 0.1) is 0 Å². The molecular weight excluding hydrogens is 252 g/mol. The van der Waals surface area contributed by atoms with Crippen LogP contribution in [0.2, 0.25) is 0 Å². The van der Waals surface area contributed by atoms with Gasteiger partial charge in [-0.25, -0.2) is 16.8 Å². The molecule has 6 nitrogen and oxygen atoms in total. The Labute approximate surface area is 97.8 Å². The van der Waals surface area contributed by atoms with Crippen LogP contribution in [-0.4, -0.2) is 58.0 Å². The molecule has 0 heterocycles. The van der Waals surface area contributed by atoms with E-state index in [-0.39, 0.29) is 30.6 Å². The summed E-state index contributed by atoms with van der Waals surface area (Å²) in [6.45, 7) is 3.89. The highest BCUT2D eigenvalue weighted by Gasteiger charge is 2.25. The summed E-state index contributed by atoms with van der Waals surface area (Å²) in [6, 6.07) is -0.215. The summed E-state index contributed by atoms with van der Waals surface area (Å²) in [7, 11) is -6.81. The van der Waals surface area contributed by atoms with Crippen molar-refractivity contribution in [2.45, 2.75) is 19.9 Å². The summed E-state index contributed by atoms with van der Waals surface area (Å²) < 4.78 is 46.7. The maximum absolute atomic E-state index is 11.8. The molecule has 0 bridgehead atoms. The Balaban J connectivity index is 4.74. The van der Waals surface area contributed by atoms with E-state index < -0.39 is 19.9 Å². The molecule has 98 valence electrons. The monoisotopic (exact) mass is 272 g/mol. The number of rotatable bonds is 7. The topological polar surface area (TPSA) is 97.5 Å². The third-order valence-electron chi connectivity index (χ3n) is 1.99. The fourth-order valence-corrected chi connectivity index (χ4v) is 4.53. The van der Waals surface area contributed by atoms with Crippen LogP contribution in [0.1, 0.15) is 13.8 Å². The molecule has 2 N–H and O–H groups in total. The molecule has 0 fully saturated rings. The predicted octanol–water partition coefficient (Wildman–Crippen LogP) is -0.970. The molecule has 0 saturated heterocycles. The van der Waals surface area contributed by atoms with Crippen molar-refractivity contribution in [3.05, 3.63) is 0 Å². The molecule has 8 heteroatoms. The number of nitrogens with zero attached hydrogens (tertiary/aromatic N) is 1. The van der Waals surface area contributed by atoms with Crippen molar-refractivity contribution in [3.8, 4) is 0 Å². The number of sulfonamides is 1. The average molecular weight is 272 g/mol. The Morgan fingerprint density at radius 3 is 1.94 bits per heavy atom. The van der Waals surface area contributed by atoms with Crippen LogP contribution >= 0.6 is 0 Å². The molecule has 0 aliphatic heterocycles. The SMILES string of the molecule is CC(C)N(CCN)S(=O)(=O)CCS(C)(=O)=O. The predicted molar refractivity (Wildman–Crippen MR) is 64.4 cm³/mol. The van der Waals surface area contributed by atoms with E-state index in [2.05, 4.69) is 0 Å². The molecular formula is C8H20N2O4S2. The second-order valence-corrected chi connectivity index (χ2v) is 8.24. The summed E-state index contributed by atoms with van der Waals surface area (Å²) in [4.78, 5) is 0. The lowest BCUT2D eigenvalue weighted by Gasteiger charge is -2.25. The average Bonchev–Trinajstić information content (AvgIpc) is 2.09. The van der Waals surface area contributed by atoms with Crippen molar-refractivity contribution >= 4 is 19.9 Å². The largest absolute Gasteiger partial charge is 0.329 e. The van der Waals surface area contributed by atoms with Crippen molar-refractivity contribution in [1.29, 1.82) is 0 Å². The van der Waals surface area contributed by atoms with Crippen molar-refractivity contribution in [2.24, 2.45) is 5.73 Å². The quantitative estimate of drug-likeness (QED) is 0.643. The van der Waals surface area contributed by atoms with Crippen LogP contribution in [0.15, 0.2) is 0 Å². The van der Waals surface area contributed by atoms with Crippen LogP contribution in [-0.2, 0) is 19.9 Å². The van der Waals surface area contributed by atoms with Gasteiger partial charge in [0.05, 0.1) is 11.5 Å². The van der Waals surface area contributed by atoms with E-state index in [0.29, 0.717) is 0 Å². The zero-order valence-electron chi connectivity index (χ0n) is 9.88. The fraction of sp³-hybridized carbons (Fsp3) is 1.00. The maximum Gasteiger partial charge on any atom is 0.215 e. The highest BCUT2D eigenvalue weighted by atomic mass is 32.2. The molecule has 0 aliphatic rings. The highest BCUT2D eigenvalue weighted by molar-refractivity contribution is 7.93. The minimum absolute atomic E-state index is 0.212. The third-order valence-corrected chi connectivity index (χ3v) is 5.24. The van der Waals surface area contributed by atoms with Crippen LogP contribution in [0.4, 0.5) is 0 Å². The molecule has 0 atom stereocenters. The van der Waals surface area contributed by atoms with E-state index in [4.69, 9.17) is 5.73 Å². The van der Waals surface area contributed by atoms with E-state index in [9.17, 15) is 16.8 Å². The van der Waals surface area contributed by atoms with Crippen LogP contribution < -0.4 is 5.73 Å². The summed E-state index contributed by atoms with van der Waals surface area (Å²) in [6.07, 6.45) is 1.02. The van der Waals surface area contributed by atoms with Gasteiger partial charge < -0.3 is 5.73 Å². The molecule has 0 aromatic heterocycles. The highest BCUT2D eigenvalue weighted by Crippen LogP contribution is 2.07. The fourth-order valence-electron chi connectivity index (χ4n) is 1.22. The van der Waals surface area contributed by atoms with Crippen LogP contribution in [0.25, 0.3) is 0 Å².